The van der Waals surface area contributed by atoms with Gasteiger partial charge in [0.2, 0.25) is 0 Å². The molecule has 1 aliphatic heterocycles. The lowest BCUT2D eigenvalue weighted by molar-refractivity contribution is -0.171. The molecule has 2 atom stereocenters. The van der Waals surface area contributed by atoms with Crippen LogP contribution in [0.2, 0.25) is 0 Å². The number of nitrogens with zero attached hydrogens (tertiary/aromatic N) is 1. The molecule has 0 aromatic rings. The van der Waals surface area contributed by atoms with Crippen molar-refractivity contribution in [3.63, 3.8) is 0 Å². The molecule has 4 nitrogen and oxygen atoms in total. The molecule has 18 heavy (non-hydrogen) atoms. The minimum absolute atomic E-state index is 0.0174. The smallest absolute Gasteiger partial charge is 0.173 e. The molecule has 4 heteroatoms. The van der Waals surface area contributed by atoms with Gasteiger partial charge in [-0.1, -0.05) is 18.9 Å². The number of rotatable bonds is 0. The van der Waals surface area contributed by atoms with Gasteiger partial charge >= 0.3 is 0 Å². The Labute approximate surface area is 108 Å². The van der Waals surface area contributed by atoms with E-state index in [0.717, 1.165) is 37.7 Å². The molecule has 1 heterocycles. The molecule has 2 aliphatic carbocycles. The number of hydrogen-bond donors (Lipinski definition) is 1. The first kappa shape index (κ1) is 12.2. The quantitative estimate of drug-likeness (QED) is 0.664. The Bertz CT molecular complexity index is 407. The van der Waals surface area contributed by atoms with E-state index in [1.807, 2.05) is 0 Å². The monoisotopic (exact) mass is 248 g/mol. The van der Waals surface area contributed by atoms with Gasteiger partial charge in [0.15, 0.2) is 5.79 Å². The van der Waals surface area contributed by atoms with Crippen LogP contribution in [-0.4, -0.2) is 24.5 Å². The first-order chi connectivity index (χ1) is 8.68. The largest absolute Gasteiger partial charge is 0.347 e. The van der Waals surface area contributed by atoms with E-state index in [4.69, 9.17) is 15.2 Å². The number of hydrogen-bond acceptors (Lipinski definition) is 4. The summed E-state index contributed by atoms with van der Waals surface area (Å²) in [5, 5.41) is 9.32. The second-order valence-electron chi connectivity index (χ2n) is 5.73. The van der Waals surface area contributed by atoms with Crippen molar-refractivity contribution in [2.75, 3.05) is 13.2 Å². The van der Waals surface area contributed by atoms with Crippen LogP contribution in [0.5, 0.6) is 0 Å². The van der Waals surface area contributed by atoms with Crippen molar-refractivity contribution in [1.82, 2.24) is 0 Å². The normalized spacial score (nSPS) is 38.7. The second-order valence-corrected chi connectivity index (χ2v) is 5.73. The lowest BCUT2D eigenvalue weighted by atomic mass is 9.72. The van der Waals surface area contributed by atoms with Gasteiger partial charge in [0.25, 0.3) is 0 Å². The summed E-state index contributed by atoms with van der Waals surface area (Å²) in [4.78, 5) is 0. The van der Waals surface area contributed by atoms with Gasteiger partial charge in [-0.25, -0.2) is 0 Å². The SMILES string of the molecule is N#CC1CCCC[C@]2(N)CC3(CC=C12)OCCO3. The van der Waals surface area contributed by atoms with E-state index in [-0.39, 0.29) is 5.92 Å². The lowest BCUT2D eigenvalue weighted by Gasteiger charge is -2.43. The zero-order chi connectivity index (χ0) is 12.6. The van der Waals surface area contributed by atoms with E-state index < -0.39 is 11.3 Å². The predicted molar refractivity (Wildman–Crippen MR) is 66.4 cm³/mol. The van der Waals surface area contributed by atoms with Crippen LogP contribution in [0, 0.1) is 17.2 Å². The summed E-state index contributed by atoms with van der Waals surface area (Å²) < 4.78 is 11.6. The third-order valence-corrected chi connectivity index (χ3v) is 4.50. The average molecular weight is 248 g/mol. The molecule has 0 bridgehead atoms. The van der Waals surface area contributed by atoms with E-state index in [9.17, 15) is 5.26 Å². The molecule has 3 aliphatic rings. The Morgan fingerprint density at radius 1 is 1.33 bits per heavy atom. The highest BCUT2D eigenvalue weighted by Gasteiger charge is 2.49. The second kappa shape index (κ2) is 4.34. The maximum Gasteiger partial charge on any atom is 0.173 e. The number of nitriles is 1. The fourth-order valence-corrected chi connectivity index (χ4v) is 3.64. The predicted octanol–water partition coefficient (Wildman–Crippen LogP) is 1.86. The van der Waals surface area contributed by atoms with Crippen LogP contribution in [0.25, 0.3) is 0 Å². The minimum Gasteiger partial charge on any atom is -0.347 e. The van der Waals surface area contributed by atoms with Crippen molar-refractivity contribution < 1.29 is 9.47 Å². The Hall–Kier alpha value is -0.890. The van der Waals surface area contributed by atoms with E-state index in [2.05, 4.69) is 12.1 Å². The fourth-order valence-electron chi connectivity index (χ4n) is 3.64. The summed E-state index contributed by atoms with van der Waals surface area (Å²) >= 11 is 0. The van der Waals surface area contributed by atoms with Crippen molar-refractivity contribution in [3.05, 3.63) is 11.6 Å². The third kappa shape index (κ3) is 1.87. The highest BCUT2D eigenvalue weighted by molar-refractivity contribution is 5.31. The van der Waals surface area contributed by atoms with Crippen molar-refractivity contribution in [2.45, 2.75) is 49.9 Å². The molecule has 3 rings (SSSR count). The summed E-state index contributed by atoms with van der Waals surface area (Å²) in [6.07, 6.45) is 7.60. The Morgan fingerprint density at radius 3 is 2.83 bits per heavy atom. The number of fused-ring (bicyclic) bond motifs is 1. The molecule has 1 saturated heterocycles. The maximum atomic E-state index is 9.32. The van der Waals surface area contributed by atoms with Crippen LogP contribution in [0.1, 0.15) is 38.5 Å². The van der Waals surface area contributed by atoms with Crippen molar-refractivity contribution in [1.29, 1.82) is 5.26 Å². The first-order valence-electron chi connectivity index (χ1n) is 6.84. The van der Waals surface area contributed by atoms with Gasteiger partial charge < -0.3 is 15.2 Å². The van der Waals surface area contributed by atoms with E-state index in [0.29, 0.717) is 19.6 Å². The molecule has 1 unspecified atom stereocenters. The van der Waals surface area contributed by atoms with Gasteiger partial charge in [-0.05, 0) is 18.4 Å². The number of ether oxygens (including phenoxy) is 2. The zero-order valence-corrected chi connectivity index (χ0v) is 10.7. The third-order valence-electron chi connectivity index (χ3n) is 4.50. The molecule has 1 saturated carbocycles. The molecular formula is C14H20N2O2. The average Bonchev–Trinajstić information content (AvgIpc) is 2.71. The summed E-state index contributed by atoms with van der Waals surface area (Å²) in [7, 11) is 0. The lowest BCUT2D eigenvalue weighted by Crippen LogP contribution is -2.53. The van der Waals surface area contributed by atoms with Crippen LogP contribution in [0.3, 0.4) is 0 Å². The van der Waals surface area contributed by atoms with Crippen LogP contribution in [0.15, 0.2) is 11.6 Å². The standard InChI is InChI=1S/C14H20N2O2/c15-9-11-3-1-2-5-13(16)10-14(6-4-12(11)13)17-7-8-18-14/h4,11H,1-3,5-8,10,16H2/t11?,13-/m0/s1. The summed E-state index contributed by atoms with van der Waals surface area (Å²) in [6.45, 7) is 1.31. The van der Waals surface area contributed by atoms with Crippen molar-refractivity contribution in [3.8, 4) is 6.07 Å². The van der Waals surface area contributed by atoms with E-state index in [1.54, 1.807) is 0 Å². The van der Waals surface area contributed by atoms with Crippen LogP contribution in [0.4, 0.5) is 0 Å². The van der Waals surface area contributed by atoms with Gasteiger partial charge in [-0.15, -0.1) is 0 Å². The molecule has 0 amide bonds. The Morgan fingerprint density at radius 2 is 2.11 bits per heavy atom. The maximum absolute atomic E-state index is 9.32. The van der Waals surface area contributed by atoms with Gasteiger partial charge in [-0.3, -0.25) is 0 Å². The van der Waals surface area contributed by atoms with Crippen LogP contribution in [-0.2, 0) is 9.47 Å². The molecule has 0 aromatic carbocycles. The Kier molecular flexibility index (Phi) is 2.93. The first-order valence-corrected chi connectivity index (χ1v) is 6.84. The van der Waals surface area contributed by atoms with Crippen LogP contribution < -0.4 is 5.73 Å². The molecule has 2 fully saturated rings. The number of nitrogens with two attached hydrogens (primary N) is 1. The molecular weight excluding hydrogens is 228 g/mol. The van der Waals surface area contributed by atoms with Crippen LogP contribution >= 0.6 is 0 Å². The van der Waals surface area contributed by atoms with Gasteiger partial charge in [0.05, 0.1) is 25.2 Å². The highest BCUT2D eigenvalue weighted by atomic mass is 16.7. The molecule has 0 aromatic heterocycles. The van der Waals surface area contributed by atoms with Crippen molar-refractivity contribution >= 4 is 0 Å². The van der Waals surface area contributed by atoms with Gasteiger partial charge in [-0.2, -0.15) is 5.26 Å². The van der Waals surface area contributed by atoms with Gasteiger partial charge in [0.1, 0.15) is 0 Å². The fraction of sp³-hybridized carbons (Fsp3) is 0.786. The van der Waals surface area contributed by atoms with Gasteiger partial charge in [0, 0.05) is 18.4 Å². The summed E-state index contributed by atoms with van der Waals surface area (Å²) in [6, 6.07) is 2.42. The highest BCUT2D eigenvalue weighted by Crippen LogP contribution is 2.46. The van der Waals surface area contributed by atoms with E-state index in [1.165, 1.54) is 0 Å². The minimum atomic E-state index is -0.511. The Balaban J connectivity index is 1.94. The van der Waals surface area contributed by atoms with Crippen molar-refractivity contribution in [2.24, 2.45) is 11.7 Å². The summed E-state index contributed by atoms with van der Waals surface area (Å²) in [5.74, 6) is -0.529. The molecule has 2 N–H and O–H groups in total. The summed E-state index contributed by atoms with van der Waals surface area (Å²) in [5.41, 5.74) is 7.33. The molecule has 98 valence electrons. The molecule has 1 spiro atoms. The molecule has 0 radical (unpaired) electrons. The zero-order valence-electron chi connectivity index (χ0n) is 10.7. The topological polar surface area (TPSA) is 68.3 Å². The van der Waals surface area contributed by atoms with E-state index >= 15 is 0 Å².